The van der Waals surface area contributed by atoms with E-state index in [1.165, 1.54) is 77.0 Å². The lowest BCUT2D eigenvalue weighted by molar-refractivity contribution is -0.161. The topological polar surface area (TPSA) is 237 Å². The van der Waals surface area contributed by atoms with Gasteiger partial charge in [0.05, 0.1) is 26.4 Å². The van der Waals surface area contributed by atoms with Crippen LogP contribution < -0.4 is 0 Å². The molecule has 0 fully saturated rings. The third kappa shape index (κ3) is 72.1. The highest BCUT2D eigenvalue weighted by atomic mass is 31.2. The molecule has 17 nitrogen and oxygen atoms in total. The second kappa shape index (κ2) is 73.0. The van der Waals surface area contributed by atoms with Crippen molar-refractivity contribution < 1.29 is 80.2 Å². The number of hydrogen-bond donors (Lipinski definition) is 3. The molecule has 0 radical (unpaired) electrons. The number of hydrogen-bond acceptors (Lipinski definition) is 15. The van der Waals surface area contributed by atoms with E-state index >= 15 is 0 Å². The number of ether oxygens (including phenoxy) is 4. The summed E-state index contributed by atoms with van der Waals surface area (Å²) in [6.07, 6.45) is 77.9. The van der Waals surface area contributed by atoms with Crippen molar-refractivity contribution in [2.45, 2.75) is 341 Å². The van der Waals surface area contributed by atoms with Crippen molar-refractivity contribution >= 4 is 39.5 Å². The average molecular weight is 1450 g/mol. The monoisotopic (exact) mass is 1450 g/mol. The molecule has 0 aromatic heterocycles. The van der Waals surface area contributed by atoms with Crippen LogP contribution in [-0.4, -0.2) is 96.7 Å². The minimum atomic E-state index is -4.98. The summed E-state index contributed by atoms with van der Waals surface area (Å²) in [6.45, 7) is 4.59. The number of unbranched alkanes of at least 4 members (excludes halogenated alkanes) is 29. The van der Waals surface area contributed by atoms with E-state index in [1.807, 2.05) is 0 Å². The highest BCUT2D eigenvalue weighted by Crippen LogP contribution is 2.45. The molecule has 5 unspecified atom stereocenters. The summed E-state index contributed by atoms with van der Waals surface area (Å²) in [5.74, 6) is -2.23. The summed E-state index contributed by atoms with van der Waals surface area (Å²) in [7, 11) is -9.96. The van der Waals surface area contributed by atoms with Gasteiger partial charge in [-0.3, -0.25) is 37.3 Å². The molecule has 19 heteroatoms. The second-order valence-electron chi connectivity index (χ2n) is 25.9. The predicted molar refractivity (Wildman–Crippen MR) is 408 cm³/mol. The van der Waals surface area contributed by atoms with Gasteiger partial charge in [-0.25, -0.2) is 9.13 Å². The maximum atomic E-state index is 13.1. The SMILES string of the molecule is CC/C=C\C/C=C\C/C=C\C/C=C\C/C=C\CCCCCC(=O)OCC(COP(=O)(O)OCC(O)COP(=O)(O)OCC(COC(=O)CCCCCCC/C=C\C/C=C\C/C=C\CC)OC(=O)CCCCCCCCCCCCC)OC(=O)CCCCCCC/C=C\CCCCCCCC. The molecule has 0 rings (SSSR count). The van der Waals surface area contributed by atoms with Gasteiger partial charge in [0, 0.05) is 25.7 Å². The normalized spacial score (nSPS) is 14.5. The zero-order chi connectivity index (χ0) is 73.2. The summed E-state index contributed by atoms with van der Waals surface area (Å²) in [6, 6.07) is 0. The van der Waals surface area contributed by atoms with E-state index in [0.717, 1.165) is 167 Å². The number of allylic oxidation sites excluding steroid dienone is 18. The van der Waals surface area contributed by atoms with Crippen LogP contribution in [0.4, 0.5) is 0 Å². The number of rotatable bonds is 73. The quantitative estimate of drug-likeness (QED) is 0.0169. The molecule has 0 aromatic carbocycles. The van der Waals surface area contributed by atoms with Crippen LogP contribution in [0.5, 0.6) is 0 Å². The van der Waals surface area contributed by atoms with Gasteiger partial charge in [-0.2, -0.15) is 0 Å². The van der Waals surface area contributed by atoms with Crippen molar-refractivity contribution in [1.29, 1.82) is 0 Å². The highest BCUT2D eigenvalue weighted by molar-refractivity contribution is 7.47. The van der Waals surface area contributed by atoms with Crippen LogP contribution in [0.1, 0.15) is 323 Å². The Kier molecular flexibility index (Phi) is 69.9. The predicted octanol–water partition coefficient (Wildman–Crippen LogP) is 22.6. The minimum absolute atomic E-state index is 0.0768. The Hall–Kier alpha value is -4.28. The number of carbonyl (C=O) groups is 4. The molecular formula is C81H140O17P2. The van der Waals surface area contributed by atoms with E-state index in [0.29, 0.717) is 25.7 Å². The fourth-order valence-corrected chi connectivity index (χ4v) is 11.9. The van der Waals surface area contributed by atoms with Gasteiger partial charge in [-0.1, -0.05) is 278 Å². The van der Waals surface area contributed by atoms with E-state index in [9.17, 15) is 43.2 Å². The Balaban J connectivity index is 5.37. The minimum Gasteiger partial charge on any atom is -0.462 e. The van der Waals surface area contributed by atoms with Gasteiger partial charge in [0.25, 0.3) is 0 Å². The van der Waals surface area contributed by atoms with E-state index in [1.54, 1.807) is 0 Å². The summed E-state index contributed by atoms with van der Waals surface area (Å²) in [4.78, 5) is 72.9. The first kappa shape index (κ1) is 95.7. The van der Waals surface area contributed by atoms with Gasteiger partial charge in [0.1, 0.15) is 19.3 Å². The molecule has 0 aromatic rings. The maximum absolute atomic E-state index is 13.1. The first-order valence-corrected chi connectivity index (χ1v) is 42.1. The fraction of sp³-hybridized carbons (Fsp3) is 0.728. The van der Waals surface area contributed by atoms with E-state index in [-0.39, 0.29) is 25.7 Å². The molecule has 0 saturated heterocycles. The molecular weight excluding hydrogens is 1310 g/mol. The summed E-state index contributed by atoms with van der Waals surface area (Å²) in [5, 5.41) is 10.6. The smallest absolute Gasteiger partial charge is 0.462 e. The lowest BCUT2D eigenvalue weighted by Gasteiger charge is -2.21. The Morgan fingerprint density at radius 1 is 0.290 bits per heavy atom. The molecule has 100 heavy (non-hydrogen) atoms. The van der Waals surface area contributed by atoms with Crippen LogP contribution in [0.15, 0.2) is 109 Å². The van der Waals surface area contributed by atoms with Gasteiger partial charge in [0.2, 0.25) is 0 Å². The van der Waals surface area contributed by atoms with Gasteiger partial charge in [0.15, 0.2) is 12.2 Å². The molecule has 0 spiro atoms. The fourth-order valence-electron chi connectivity index (χ4n) is 10.3. The Morgan fingerprint density at radius 3 is 0.820 bits per heavy atom. The van der Waals surface area contributed by atoms with Crippen molar-refractivity contribution in [2.75, 3.05) is 39.6 Å². The van der Waals surface area contributed by atoms with Gasteiger partial charge < -0.3 is 33.8 Å². The molecule has 3 N–H and O–H groups in total. The van der Waals surface area contributed by atoms with E-state index in [2.05, 4.69) is 137 Å². The number of aliphatic hydroxyl groups is 1. The molecule has 0 bridgehead atoms. The first-order valence-electron chi connectivity index (χ1n) is 39.1. The molecule has 0 aliphatic heterocycles. The van der Waals surface area contributed by atoms with Crippen molar-refractivity contribution in [2.24, 2.45) is 0 Å². The third-order valence-electron chi connectivity index (χ3n) is 16.2. The number of phosphoric acid groups is 2. The largest absolute Gasteiger partial charge is 0.472 e. The van der Waals surface area contributed by atoms with Crippen molar-refractivity contribution in [3.63, 3.8) is 0 Å². The van der Waals surface area contributed by atoms with Crippen LogP contribution >= 0.6 is 15.6 Å². The molecule has 0 heterocycles. The molecule has 5 atom stereocenters. The number of aliphatic hydroxyl groups excluding tert-OH is 1. The van der Waals surface area contributed by atoms with Gasteiger partial charge in [-0.05, 0) is 128 Å². The first-order chi connectivity index (χ1) is 48.7. The molecule has 0 saturated carbocycles. The molecule has 0 aliphatic rings. The Morgan fingerprint density at radius 2 is 0.520 bits per heavy atom. The van der Waals surface area contributed by atoms with Crippen LogP contribution in [0.2, 0.25) is 0 Å². The Labute approximate surface area is 607 Å². The van der Waals surface area contributed by atoms with Gasteiger partial charge >= 0.3 is 39.5 Å². The number of phosphoric ester groups is 2. The lowest BCUT2D eigenvalue weighted by atomic mass is 10.1. The molecule has 0 amide bonds. The second-order valence-corrected chi connectivity index (χ2v) is 28.8. The van der Waals surface area contributed by atoms with Crippen molar-refractivity contribution in [3.8, 4) is 0 Å². The maximum Gasteiger partial charge on any atom is 0.472 e. The third-order valence-corrected chi connectivity index (χ3v) is 18.1. The number of esters is 4. The zero-order valence-electron chi connectivity index (χ0n) is 62.8. The zero-order valence-corrected chi connectivity index (χ0v) is 64.6. The standard InChI is InChI=1S/C81H140O17P2/c1-5-9-13-17-21-25-29-32-35-36-37-38-41-43-47-50-54-58-62-66-79(84)92-72-77(98-81(86)68-64-60-56-52-48-44-40-34-31-27-23-19-15-11-7-3)74-96-100(89,90)94-70-75(82)69-93-99(87,88)95-73-76(97-80(85)67-63-59-55-51-45-28-24-20-16-12-8-4)71-91-78(83)65-61-57-53-49-46-42-39-33-30-26-22-18-14-10-6-2/h9-10,13-14,21-22,25-26,32-35,37-40,43,47,75-77,82H,5-8,11-12,15-20,23-24,27-31,36,41-42,44-46,48-74H2,1-4H3,(H,87,88)(H,89,90)/b13-9-,14-10-,25-21-,26-22-,35-32-,38-37-,39-33-,40-34-,47-43-. The summed E-state index contributed by atoms with van der Waals surface area (Å²) in [5.41, 5.74) is 0. The van der Waals surface area contributed by atoms with Crippen molar-refractivity contribution in [3.05, 3.63) is 109 Å². The highest BCUT2D eigenvalue weighted by Gasteiger charge is 2.30. The molecule has 0 aliphatic carbocycles. The molecule has 576 valence electrons. The van der Waals surface area contributed by atoms with Crippen LogP contribution in [0.25, 0.3) is 0 Å². The van der Waals surface area contributed by atoms with Crippen molar-refractivity contribution in [1.82, 2.24) is 0 Å². The van der Waals surface area contributed by atoms with Crippen LogP contribution in [-0.2, 0) is 65.4 Å². The van der Waals surface area contributed by atoms with Crippen LogP contribution in [0, 0.1) is 0 Å². The summed E-state index contributed by atoms with van der Waals surface area (Å²) >= 11 is 0. The van der Waals surface area contributed by atoms with Crippen LogP contribution in [0.3, 0.4) is 0 Å². The Bertz CT molecular complexity index is 2320. The summed E-state index contributed by atoms with van der Waals surface area (Å²) < 4.78 is 68.5. The van der Waals surface area contributed by atoms with E-state index in [4.69, 9.17) is 37.0 Å². The lowest BCUT2D eigenvalue weighted by Crippen LogP contribution is -2.30. The van der Waals surface area contributed by atoms with Gasteiger partial charge in [-0.15, -0.1) is 0 Å². The average Bonchev–Trinajstić information content (AvgIpc) is 0.985. The number of carbonyl (C=O) groups excluding carboxylic acids is 4. The van der Waals surface area contributed by atoms with E-state index < -0.39 is 97.5 Å².